The van der Waals surface area contributed by atoms with Crippen LogP contribution in [0.5, 0.6) is 0 Å². The van der Waals surface area contributed by atoms with Crippen molar-refractivity contribution >= 4 is 58.2 Å². The highest BCUT2D eigenvalue weighted by molar-refractivity contribution is 6.47. The molecule has 0 aliphatic heterocycles. The normalized spacial score (nSPS) is 11.0. The van der Waals surface area contributed by atoms with Gasteiger partial charge in [0.05, 0.1) is 34.0 Å². The largest absolute Gasteiger partial charge is 0.462 e. The quantitative estimate of drug-likeness (QED) is 0.238. The van der Waals surface area contributed by atoms with Gasteiger partial charge in [0.2, 0.25) is 0 Å². The summed E-state index contributed by atoms with van der Waals surface area (Å²) in [6.45, 7) is 4.70. The second-order valence-electron chi connectivity index (χ2n) is 4.61. The molecule has 9 heteroatoms. The number of rotatable bonds is 7. The van der Waals surface area contributed by atoms with E-state index in [1.807, 2.05) is 0 Å². The fourth-order valence-electron chi connectivity index (χ4n) is 1.75. The minimum absolute atomic E-state index is 0.0468. The molecule has 0 aliphatic rings. The standard InChI is InChI=1S/C16H16Cl3NO5/c1-4-24-15(22)9(8(3)21)7-20-11-6-10(17)13(18)12(14(11)19)16(23)25-5-2/h6-7,20H,4-5H2,1-3H3. The van der Waals surface area contributed by atoms with Gasteiger partial charge in [-0.25, -0.2) is 9.59 Å². The Morgan fingerprint density at radius 1 is 1.08 bits per heavy atom. The van der Waals surface area contributed by atoms with E-state index in [1.165, 1.54) is 13.0 Å². The maximum absolute atomic E-state index is 12.0. The van der Waals surface area contributed by atoms with Gasteiger partial charge in [-0.15, -0.1) is 0 Å². The van der Waals surface area contributed by atoms with Crippen LogP contribution in [0, 0.1) is 0 Å². The third-order valence-corrected chi connectivity index (χ3v) is 4.06. The Morgan fingerprint density at radius 3 is 2.20 bits per heavy atom. The van der Waals surface area contributed by atoms with Crippen LogP contribution in [0.1, 0.15) is 31.1 Å². The van der Waals surface area contributed by atoms with Crippen molar-refractivity contribution in [2.45, 2.75) is 20.8 Å². The number of Topliss-reactive ketones (excluding diaryl/α,β-unsaturated/α-hetero) is 1. The molecule has 1 N–H and O–H groups in total. The van der Waals surface area contributed by atoms with Crippen LogP contribution in [0.25, 0.3) is 0 Å². The summed E-state index contributed by atoms with van der Waals surface area (Å²) < 4.78 is 9.69. The van der Waals surface area contributed by atoms with Gasteiger partial charge in [-0.2, -0.15) is 0 Å². The number of halogens is 3. The van der Waals surface area contributed by atoms with Crippen LogP contribution in [-0.2, 0) is 19.1 Å². The lowest BCUT2D eigenvalue weighted by atomic mass is 10.1. The molecule has 6 nitrogen and oxygen atoms in total. The van der Waals surface area contributed by atoms with Crippen LogP contribution in [0.2, 0.25) is 15.1 Å². The number of nitrogens with one attached hydrogen (secondary N) is 1. The van der Waals surface area contributed by atoms with Crippen LogP contribution in [-0.4, -0.2) is 30.9 Å². The first-order chi connectivity index (χ1) is 11.7. The number of esters is 2. The Bertz CT molecular complexity index is 731. The average Bonchev–Trinajstić information content (AvgIpc) is 2.52. The first-order valence-corrected chi connectivity index (χ1v) is 8.37. The summed E-state index contributed by atoms with van der Waals surface area (Å²) in [5.74, 6) is -2.04. The summed E-state index contributed by atoms with van der Waals surface area (Å²) in [4.78, 5) is 35.4. The molecule has 0 spiro atoms. The average molecular weight is 409 g/mol. The molecule has 0 heterocycles. The van der Waals surface area contributed by atoms with Crippen molar-refractivity contribution in [2.24, 2.45) is 0 Å². The van der Waals surface area contributed by atoms with Crippen LogP contribution in [0.3, 0.4) is 0 Å². The van der Waals surface area contributed by atoms with E-state index < -0.39 is 17.7 Å². The van der Waals surface area contributed by atoms with Crippen molar-refractivity contribution in [3.05, 3.63) is 38.5 Å². The molecule has 0 bridgehead atoms. The van der Waals surface area contributed by atoms with Crippen LogP contribution in [0.15, 0.2) is 17.8 Å². The summed E-state index contributed by atoms with van der Waals surface area (Å²) in [5.41, 5.74) is -0.169. The van der Waals surface area contributed by atoms with E-state index >= 15 is 0 Å². The third kappa shape index (κ3) is 5.36. The zero-order valence-corrected chi connectivity index (χ0v) is 16.0. The predicted molar refractivity (Wildman–Crippen MR) is 96.4 cm³/mol. The smallest absolute Gasteiger partial charge is 0.343 e. The van der Waals surface area contributed by atoms with Gasteiger partial charge >= 0.3 is 11.9 Å². The van der Waals surface area contributed by atoms with Crippen LogP contribution in [0.4, 0.5) is 5.69 Å². The Morgan fingerprint density at radius 2 is 1.68 bits per heavy atom. The summed E-state index contributed by atoms with van der Waals surface area (Å²) in [6, 6.07) is 1.36. The first kappa shape index (κ1) is 21.3. The van der Waals surface area contributed by atoms with E-state index in [4.69, 9.17) is 44.3 Å². The molecule has 1 aromatic carbocycles. The second kappa shape index (κ2) is 9.65. The molecule has 0 atom stereocenters. The Labute approximate surface area is 160 Å². The fraction of sp³-hybridized carbons (Fsp3) is 0.312. The monoisotopic (exact) mass is 407 g/mol. The van der Waals surface area contributed by atoms with Gasteiger partial charge in [-0.1, -0.05) is 34.8 Å². The summed E-state index contributed by atoms with van der Waals surface area (Å²) >= 11 is 18.2. The van der Waals surface area contributed by atoms with Crippen LogP contribution >= 0.6 is 34.8 Å². The number of ketones is 1. The molecular formula is C16H16Cl3NO5. The molecule has 0 amide bonds. The molecule has 0 saturated carbocycles. The number of carbonyl (C=O) groups is 3. The lowest BCUT2D eigenvalue weighted by molar-refractivity contribution is -0.139. The molecule has 25 heavy (non-hydrogen) atoms. The summed E-state index contributed by atoms with van der Waals surface area (Å²) in [6.07, 6.45) is 1.13. The maximum atomic E-state index is 12.0. The maximum Gasteiger partial charge on any atom is 0.343 e. The Balaban J connectivity index is 3.30. The summed E-state index contributed by atoms with van der Waals surface area (Å²) in [7, 11) is 0. The van der Waals surface area contributed by atoms with E-state index in [1.54, 1.807) is 13.8 Å². The third-order valence-electron chi connectivity index (χ3n) is 2.88. The molecule has 1 rings (SSSR count). The fourth-order valence-corrected chi connectivity index (χ4v) is 2.51. The lowest BCUT2D eigenvalue weighted by Crippen LogP contribution is -2.15. The SMILES string of the molecule is CCOC(=O)C(=CNc1cc(Cl)c(Cl)c(C(=O)OCC)c1Cl)C(C)=O. The topological polar surface area (TPSA) is 81.7 Å². The van der Waals surface area contributed by atoms with Gasteiger partial charge in [0, 0.05) is 6.20 Å². The highest BCUT2D eigenvalue weighted by Crippen LogP contribution is 2.38. The van der Waals surface area contributed by atoms with Gasteiger partial charge in [0.25, 0.3) is 0 Å². The highest BCUT2D eigenvalue weighted by Gasteiger charge is 2.22. The van der Waals surface area contributed by atoms with Crippen molar-refractivity contribution in [3.8, 4) is 0 Å². The van der Waals surface area contributed by atoms with E-state index in [9.17, 15) is 14.4 Å². The number of anilines is 1. The van der Waals surface area contributed by atoms with Crippen molar-refractivity contribution in [1.29, 1.82) is 0 Å². The zero-order valence-electron chi connectivity index (χ0n) is 13.7. The van der Waals surface area contributed by atoms with E-state index in [-0.39, 0.29) is 45.1 Å². The van der Waals surface area contributed by atoms with Gasteiger partial charge in [0.1, 0.15) is 11.1 Å². The molecule has 0 aromatic heterocycles. The van der Waals surface area contributed by atoms with Gasteiger partial charge in [0.15, 0.2) is 5.78 Å². The van der Waals surface area contributed by atoms with E-state index in [0.29, 0.717) is 0 Å². The number of ether oxygens (including phenoxy) is 2. The van der Waals surface area contributed by atoms with Gasteiger partial charge in [-0.3, -0.25) is 4.79 Å². The number of hydrogen-bond acceptors (Lipinski definition) is 6. The number of benzene rings is 1. The minimum Gasteiger partial charge on any atom is -0.462 e. The molecule has 0 radical (unpaired) electrons. The van der Waals surface area contributed by atoms with Crippen molar-refractivity contribution in [1.82, 2.24) is 0 Å². The number of carbonyl (C=O) groups excluding carboxylic acids is 3. The first-order valence-electron chi connectivity index (χ1n) is 7.23. The molecule has 1 aromatic rings. The summed E-state index contributed by atoms with van der Waals surface area (Å²) in [5, 5.41) is 2.60. The predicted octanol–water partition coefficient (Wildman–Crippen LogP) is 4.27. The molecule has 136 valence electrons. The highest BCUT2D eigenvalue weighted by atomic mass is 35.5. The molecule has 0 saturated heterocycles. The number of hydrogen-bond donors (Lipinski definition) is 1. The molecule has 0 unspecified atom stereocenters. The molecular weight excluding hydrogens is 393 g/mol. The van der Waals surface area contributed by atoms with E-state index in [2.05, 4.69) is 5.32 Å². The Kier molecular flexibility index (Phi) is 8.22. The minimum atomic E-state index is -0.788. The van der Waals surface area contributed by atoms with Gasteiger partial charge in [-0.05, 0) is 26.8 Å². The second-order valence-corrected chi connectivity index (χ2v) is 5.77. The van der Waals surface area contributed by atoms with Crippen molar-refractivity contribution in [3.63, 3.8) is 0 Å². The van der Waals surface area contributed by atoms with Crippen LogP contribution < -0.4 is 5.32 Å². The molecule has 0 aliphatic carbocycles. The van der Waals surface area contributed by atoms with E-state index in [0.717, 1.165) is 6.20 Å². The van der Waals surface area contributed by atoms with Crippen molar-refractivity contribution in [2.75, 3.05) is 18.5 Å². The van der Waals surface area contributed by atoms with Crippen molar-refractivity contribution < 1.29 is 23.9 Å². The molecule has 0 fully saturated rings. The zero-order chi connectivity index (χ0) is 19.1. The lowest BCUT2D eigenvalue weighted by Gasteiger charge is -2.13. The van der Waals surface area contributed by atoms with Gasteiger partial charge < -0.3 is 14.8 Å². The Hall–Kier alpha value is -1.76.